The van der Waals surface area contributed by atoms with Gasteiger partial charge in [0.15, 0.2) is 0 Å². The van der Waals surface area contributed by atoms with E-state index >= 15 is 0 Å². The number of rotatable bonds is 3. The van der Waals surface area contributed by atoms with E-state index in [0.29, 0.717) is 11.3 Å². The maximum atomic E-state index is 14.6. The van der Waals surface area contributed by atoms with Gasteiger partial charge in [0.25, 0.3) is 0 Å². The third kappa shape index (κ3) is 3.97. The van der Waals surface area contributed by atoms with Crippen LogP contribution in [-0.2, 0) is 5.72 Å². The molecule has 1 heterocycles. The van der Waals surface area contributed by atoms with E-state index < -0.39 is 11.9 Å². The lowest BCUT2D eigenvalue weighted by Crippen LogP contribution is -2.49. The highest BCUT2D eigenvalue weighted by atomic mass is 19.4. The minimum atomic E-state index is -4.78. The molecule has 4 rings (SSSR count). The lowest BCUT2D eigenvalue weighted by molar-refractivity contribution is -0.252. The lowest BCUT2D eigenvalue weighted by Gasteiger charge is -2.37. The van der Waals surface area contributed by atoms with Crippen molar-refractivity contribution in [1.82, 2.24) is 0 Å². The number of alkyl halides is 3. The number of ether oxygens (including phenoxy) is 1. The van der Waals surface area contributed by atoms with Gasteiger partial charge in [-0.3, -0.25) is 0 Å². The second-order valence-corrected chi connectivity index (χ2v) is 8.47. The predicted octanol–water partition coefficient (Wildman–Crippen LogP) is 7.09. The van der Waals surface area contributed by atoms with E-state index in [0.717, 1.165) is 16.7 Å². The molecule has 32 heavy (non-hydrogen) atoms. The van der Waals surface area contributed by atoms with Crippen LogP contribution in [0, 0.1) is 13.8 Å². The van der Waals surface area contributed by atoms with Crippen molar-refractivity contribution in [1.29, 1.82) is 0 Å². The van der Waals surface area contributed by atoms with E-state index in [2.05, 4.69) is 10.3 Å². The Bertz CT molecular complexity index is 1150. The number of nitrogens with one attached hydrogen (secondary N) is 1. The summed E-state index contributed by atoms with van der Waals surface area (Å²) in [7, 11) is 0. The average Bonchev–Trinajstić information content (AvgIpc) is 2.74. The number of aryl methyl sites for hydroxylation is 2. The van der Waals surface area contributed by atoms with Gasteiger partial charge in [-0.1, -0.05) is 67.4 Å². The van der Waals surface area contributed by atoms with Crippen LogP contribution in [0.2, 0.25) is 0 Å². The molecule has 0 fully saturated rings. The molecule has 0 amide bonds. The summed E-state index contributed by atoms with van der Waals surface area (Å²) in [5, 5.41) is 3.09. The fourth-order valence-electron chi connectivity index (χ4n) is 3.63. The Morgan fingerprint density at radius 2 is 1.47 bits per heavy atom. The molecule has 0 saturated heterocycles. The molecule has 0 aliphatic carbocycles. The van der Waals surface area contributed by atoms with Gasteiger partial charge in [-0.05, 0) is 49.6 Å². The molecule has 1 atom stereocenters. The van der Waals surface area contributed by atoms with E-state index in [9.17, 15) is 13.2 Å². The highest BCUT2D eigenvalue weighted by Gasteiger charge is 2.61. The largest absolute Gasteiger partial charge is 0.455 e. The number of anilines is 1. The minimum Gasteiger partial charge on any atom is -0.452 e. The van der Waals surface area contributed by atoms with E-state index in [1.807, 2.05) is 58.0 Å². The number of hydrogen-bond acceptors (Lipinski definition) is 3. The molecule has 3 aromatic rings. The van der Waals surface area contributed by atoms with E-state index in [4.69, 9.17) is 4.74 Å². The molecule has 1 aliphatic rings. The molecule has 0 aromatic heterocycles. The van der Waals surface area contributed by atoms with Gasteiger partial charge in [0.05, 0.1) is 5.56 Å². The average molecular weight is 438 g/mol. The van der Waals surface area contributed by atoms with Crippen molar-refractivity contribution in [2.24, 2.45) is 4.99 Å². The van der Waals surface area contributed by atoms with Crippen molar-refractivity contribution in [3.8, 4) is 5.75 Å². The zero-order valence-electron chi connectivity index (χ0n) is 18.4. The Morgan fingerprint density at radius 3 is 2.03 bits per heavy atom. The van der Waals surface area contributed by atoms with Crippen molar-refractivity contribution >= 4 is 11.5 Å². The Balaban J connectivity index is 1.92. The molecule has 166 valence electrons. The summed E-state index contributed by atoms with van der Waals surface area (Å²) in [5.41, 5.74) is 1.01. The number of amidine groups is 1. The van der Waals surface area contributed by atoms with Crippen LogP contribution in [0.25, 0.3) is 0 Å². The summed E-state index contributed by atoms with van der Waals surface area (Å²) in [6.07, 6.45) is -4.78. The third-order valence-electron chi connectivity index (χ3n) is 5.60. The topological polar surface area (TPSA) is 33.6 Å². The lowest BCUT2D eigenvalue weighted by atomic mass is 9.96. The molecule has 0 radical (unpaired) electrons. The summed E-state index contributed by atoms with van der Waals surface area (Å²) < 4.78 is 49.7. The van der Waals surface area contributed by atoms with Crippen molar-refractivity contribution in [3.63, 3.8) is 0 Å². The summed E-state index contributed by atoms with van der Waals surface area (Å²) in [5.74, 6) is 0.401. The van der Waals surface area contributed by atoms with Crippen LogP contribution < -0.4 is 10.1 Å². The Morgan fingerprint density at radius 1 is 0.875 bits per heavy atom. The van der Waals surface area contributed by atoms with Crippen LogP contribution in [0.5, 0.6) is 5.75 Å². The zero-order valence-corrected chi connectivity index (χ0v) is 18.4. The van der Waals surface area contributed by atoms with Gasteiger partial charge in [-0.2, -0.15) is 13.2 Å². The van der Waals surface area contributed by atoms with Gasteiger partial charge in [0.2, 0.25) is 0 Å². The first kappa shape index (κ1) is 21.9. The van der Waals surface area contributed by atoms with E-state index in [1.54, 1.807) is 24.3 Å². The fraction of sp³-hybridized carbons (Fsp3) is 0.269. The van der Waals surface area contributed by atoms with Gasteiger partial charge in [-0.15, -0.1) is 0 Å². The molecular formula is C26H25F3N2O. The number of halogens is 3. The molecule has 0 bridgehead atoms. The van der Waals surface area contributed by atoms with Crippen LogP contribution in [0.3, 0.4) is 0 Å². The number of aliphatic imine (C=N–C) groups is 1. The fourth-order valence-corrected chi connectivity index (χ4v) is 3.63. The summed E-state index contributed by atoms with van der Waals surface area (Å²) >= 11 is 0. The second-order valence-electron chi connectivity index (χ2n) is 8.47. The zero-order chi connectivity index (χ0) is 23.1. The summed E-state index contributed by atoms with van der Waals surface area (Å²) in [6.45, 7) is 7.75. The predicted molar refractivity (Wildman–Crippen MR) is 121 cm³/mol. The SMILES string of the molecule is Cc1ccc(NC2=NC(c3ccc(C)cc3)(C(F)(F)F)Oc3cc(C(C)C)ccc32)cc1. The molecule has 1 N–H and O–H groups in total. The van der Waals surface area contributed by atoms with Crippen LogP contribution in [-0.4, -0.2) is 12.0 Å². The van der Waals surface area contributed by atoms with Crippen molar-refractivity contribution in [3.05, 3.63) is 94.5 Å². The van der Waals surface area contributed by atoms with Crippen molar-refractivity contribution in [2.75, 3.05) is 5.32 Å². The molecule has 0 saturated carbocycles. The maximum absolute atomic E-state index is 14.6. The maximum Gasteiger partial charge on any atom is 0.455 e. The molecule has 3 aromatic carbocycles. The molecule has 0 spiro atoms. The third-order valence-corrected chi connectivity index (χ3v) is 5.60. The number of hydrogen-bond donors (Lipinski definition) is 1. The first-order chi connectivity index (χ1) is 15.1. The second kappa shape index (κ2) is 8.01. The molecule has 3 nitrogen and oxygen atoms in total. The highest BCUT2D eigenvalue weighted by molar-refractivity contribution is 6.10. The quantitative estimate of drug-likeness (QED) is 0.473. The standard InChI is InChI=1S/C26H25F3N2O/c1-16(2)19-9-14-22-23(15-19)32-25(26(27,28)29,20-10-5-17(3)6-11-20)31-24(22)30-21-12-7-18(4)8-13-21/h5-16H,1-4H3,(H,30,31). The molecule has 1 aliphatic heterocycles. The highest BCUT2D eigenvalue weighted by Crippen LogP contribution is 2.48. The van der Waals surface area contributed by atoms with Crippen LogP contribution in [0.15, 0.2) is 71.7 Å². The molecule has 6 heteroatoms. The number of nitrogens with zero attached hydrogens (tertiary/aromatic N) is 1. The van der Waals surface area contributed by atoms with Crippen molar-refractivity contribution < 1.29 is 17.9 Å². The van der Waals surface area contributed by atoms with E-state index in [1.165, 1.54) is 12.1 Å². The Labute approximate surface area is 186 Å². The molecular weight excluding hydrogens is 413 g/mol. The number of benzene rings is 3. The van der Waals surface area contributed by atoms with Crippen LogP contribution in [0.1, 0.15) is 47.6 Å². The summed E-state index contributed by atoms with van der Waals surface area (Å²) in [6, 6.07) is 18.9. The first-order valence-corrected chi connectivity index (χ1v) is 10.5. The Kier molecular flexibility index (Phi) is 5.49. The monoisotopic (exact) mass is 438 g/mol. The van der Waals surface area contributed by atoms with Crippen molar-refractivity contribution in [2.45, 2.75) is 45.5 Å². The summed E-state index contributed by atoms with van der Waals surface area (Å²) in [4.78, 5) is 4.18. The van der Waals surface area contributed by atoms with Gasteiger partial charge in [0.1, 0.15) is 11.6 Å². The first-order valence-electron chi connectivity index (χ1n) is 10.5. The van der Waals surface area contributed by atoms with Gasteiger partial charge >= 0.3 is 11.9 Å². The van der Waals surface area contributed by atoms with E-state index in [-0.39, 0.29) is 23.1 Å². The normalized spacial score (nSPS) is 18.1. The molecule has 1 unspecified atom stereocenters. The van der Waals surface area contributed by atoms with Crippen LogP contribution in [0.4, 0.5) is 18.9 Å². The van der Waals surface area contributed by atoms with Gasteiger partial charge < -0.3 is 10.1 Å². The number of fused-ring (bicyclic) bond motifs is 1. The minimum absolute atomic E-state index is 0.0700. The Hall–Kier alpha value is -3.28. The smallest absolute Gasteiger partial charge is 0.452 e. The van der Waals surface area contributed by atoms with Crippen LogP contribution >= 0.6 is 0 Å². The van der Waals surface area contributed by atoms with Gasteiger partial charge in [-0.25, -0.2) is 4.99 Å². The van der Waals surface area contributed by atoms with Gasteiger partial charge in [0, 0.05) is 11.3 Å².